The zero-order valence-corrected chi connectivity index (χ0v) is 18.4. The quantitative estimate of drug-likeness (QED) is 0.681. The maximum Gasteiger partial charge on any atom is 0.257 e. The van der Waals surface area contributed by atoms with Crippen molar-refractivity contribution >= 4 is 5.82 Å². The van der Waals surface area contributed by atoms with Gasteiger partial charge in [0.15, 0.2) is 5.82 Å². The van der Waals surface area contributed by atoms with E-state index in [2.05, 4.69) is 65.9 Å². The third kappa shape index (κ3) is 4.60. The Morgan fingerprint density at radius 1 is 1.00 bits per heavy atom. The first-order valence-electron chi connectivity index (χ1n) is 9.93. The number of ether oxygens (including phenoxy) is 1. The van der Waals surface area contributed by atoms with Gasteiger partial charge in [0.2, 0.25) is 0 Å². The summed E-state index contributed by atoms with van der Waals surface area (Å²) in [6.45, 7) is 17.4. The van der Waals surface area contributed by atoms with Gasteiger partial charge in [-0.1, -0.05) is 46.8 Å². The molecule has 0 saturated heterocycles. The van der Waals surface area contributed by atoms with Gasteiger partial charge in [-0.05, 0) is 55.7 Å². The summed E-state index contributed by atoms with van der Waals surface area (Å²) in [5.41, 5.74) is 6.87. The Bertz CT molecular complexity index is 779. The average Bonchev–Trinajstić information content (AvgIpc) is 2.59. The second-order valence-electron chi connectivity index (χ2n) is 8.41. The van der Waals surface area contributed by atoms with Gasteiger partial charge >= 0.3 is 0 Å². The highest BCUT2D eigenvalue weighted by Crippen LogP contribution is 2.35. The lowest BCUT2D eigenvalue weighted by molar-refractivity contribution is 0.397. The van der Waals surface area contributed by atoms with E-state index >= 15 is 0 Å². The molecule has 0 aliphatic rings. The lowest BCUT2D eigenvalue weighted by Crippen LogP contribution is -2.19. The van der Waals surface area contributed by atoms with E-state index in [1.54, 1.807) is 7.11 Å². The lowest BCUT2D eigenvalue weighted by Gasteiger charge is -2.23. The van der Waals surface area contributed by atoms with Crippen molar-refractivity contribution in [3.63, 3.8) is 0 Å². The van der Waals surface area contributed by atoms with Gasteiger partial charge < -0.3 is 10.1 Å². The second kappa shape index (κ2) is 8.28. The van der Waals surface area contributed by atoms with E-state index < -0.39 is 0 Å². The molecule has 4 nitrogen and oxygen atoms in total. The van der Waals surface area contributed by atoms with Gasteiger partial charge in [0, 0.05) is 11.6 Å². The van der Waals surface area contributed by atoms with Crippen molar-refractivity contribution in [2.75, 3.05) is 12.4 Å². The molecule has 4 heteroatoms. The number of hydrogen-bond donors (Lipinski definition) is 1. The third-order valence-electron chi connectivity index (χ3n) is 5.19. The molecule has 148 valence electrons. The summed E-state index contributed by atoms with van der Waals surface area (Å²) in [5, 5.41) is 3.48. The Hall–Kier alpha value is -2.10. The molecule has 0 unspecified atom stereocenters. The maximum atomic E-state index is 5.57. The first-order valence-corrected chi connectivity index (χ1v) is 9.93. The number of methoxy groups -OCH3 is 1. The highest BCUT2D eigenvalue weighted by molar-refractivity contribution is 5.72. The molecule has 0 amide bonds. The number of hydrogen-bond acceptors (Lipinski definition) is 4. The SMILES string of the molecule is CCC(CC)Nc1nc(C)c(-c2c(C)cc(C(C)(C)C)cc2C)nc1OC. The maximum absolute atomic E-state index is 5.57. The van der Waals surface area contributed by atoms with Crippen LogP contribution in [0.15, 0.2) is 12.1 Å². The number of nitrogens with zero attached hydrogens (tertiary/aromatic N) is 2. The molecule has 0 aliphatic heterocycles. The van der Waals surface area contributed by atoms with E-state index in [0.29, 0.717) is 11.9 Å². The number of rotatable bonds is 6. The number of benzene rings is 1. The Morgan fingerprint density at radius 3 is 2.00 bits per heavy atom. The molecule has 2 aromatic rings. The molecular weight excluding hydrogens is 334 g/mol. The van der Waals surface area contributed by atoms with E-state index in [0.717, 1.165) is 35.6 Å². The first-order chi connectivity index (χ1) is 12.6. The van der Waals surface area contributed by atoms with Gasteiger partial charge in [0.25, 0.3) is 5.88 Å². The van der Waals surface area contributed by atoms with E-state index in [-0.39, 0.29) is 5.41 Å². The van der Waals surface area contributed by atoms with Crippen LogP contribution in [0.25, 0.3) is 11.3 Å². The number of nitrogens with one attached hydrogen (secondary N) is 1. The molecule has 1 heterocycles. The Morgan fingerprint density at radius 2 is 1.56 bits per heavy atom. The summed E-state index contributed by atoms with van der Waals surface area (Å²) in [5.74, 6) is 1.29. The summed E-state index contributed by atoms with van der Waals surface area (Å²) >= 11 is 0. The summed E-state index contributed by atoms with van der Waals surface area (Å²) < 4.78 is 5.57. The summed E-state index contributed by atoms with van der Waals surface area (Å²) in [4.78, 5) is 9.66. The molecule has 2 rings (SSSR count). The van der Waals surface area contributed by atoms with Crippen molar-refractivity contribution in [1.29, 1.82) is 0 Å². The number of aryl methyl sites for hydroxylation is 3. The van der Waals surface area contributed by atoms with Crippen molar-refractivity contribution in [2.45, 2.75) is 79.7 Å². The van der Waals surface area contributed by atoms with Crippen LogP contribution in [0, 0.1) is 20.8 Å². The molecule has 1 N–H and O–H groups in total. The smallest absolute Gasteiger partial charge is 0.257 e. The summed E-state index contributed by atoms with van der Waals surface area (Å²) in [6.07, 6.45) is 2.07. The van der Waals surface area contributed by atoms with E-state index in [1.165, 1.54) is 16.7 Å². The van der Waals surface area contributed by atoms with Gasteiger partial charge in [0.1, 0.15) is 0 Å². The summed E-state index contributed by atoms with van der Waals surface area (Å²) in [6, 6.07) is 4.91. The average molecular weight is 370 g/mol. The van der Waals surface area contributed by atoms with Gasteiger partial charge in [-0.15, -0.1) is 0 Å². The van der Waals surface area contributed by atoms with Crippen molar-refractivity contribution in [3.05, 3.63) is 34.5 Å². The van der Waals surface area contributed by atoms with Gasteiger partial charge in [-0.3, -0.25) is 0 Å². The minimum atomic E-state index is 0.121. The Kier molecular flexibility index (Phi) is 6.50. The fraction of sp³-hybridized carbons (Fsp3) is 0.565. The molecule has 0 fully saturated rings. The molecule has 0 saturated carbocycles. The van der Waals surface area contributed by atoms with Crippen LogP contribution in [-0.4, -0.2) is 23.1 Å². The highest BCUT2D eigenvalue weighted by atomic mass is 16.5. The Labute approximate surface area is 164 Å². The van der Waals surface area contributed by atoms with Crippen LogP contribution < -0.4 is 10.1 Å². The topological polar surface area (TPSA) is 47.0 Å². The van der Waals surface area contributed by atoms with Crippen LogP contribution in [-0.2, 0) is 5.41 Å². The molecule has 1 aromatic heterocycles. The number of anilines is 1. The van der Waals surface area contributed by atoms with Crippen LogP contribution in [0.1, 0.15) is 69.8 Å². The van der Waals surface area contributed by atoms with Crippen molar-refractivity contribution in [1.82, 2.24) is 9.97 Å². The standard InChI is InChI=1S/C23H35N3O/c1-10-18(11-2)25-21-22(27-9)26-20(16(5)24-21)19-14(3)12-17(13-15(19)4)23(6,7)8/h12-13,18H,10-11H2,1-9H3,(H,24,25). The third-order valence-corrected chi connectivity index (χ3v) is 5.19. The first kappa shape index (κ1) is 21.2. The van der Waals surface area contributed by atoms with E-state index in [9.17, 15) is 0 Å². The van der Waals surface area contributed by atoms with E-state index in [4.69, 9.17) is 14.7 Å². The predicted molar refractivity (Wildman–Crippen MR) is 115 cm³/mol. The molecule has 0 aliphatic carbocycles. The zero-order chi connectivity index (χ0) is 20.4. The fourth-order valence-electron chi connectivity index (χ4n) is 3.43. The van der Waals surface area contributed by atoms with Crippen LogP contribution in [0.2, 0.25) is 0 Å². The van der Waals surface area contributed by atoms with Gasteiger partial charge in [-0.25, -0.2) is 9.97 Å². The second-order valence-corrected chi connectivity index (χ2v) is 8.41. The Balaban J connectivity index is 2.57. The van der Waals surface area contributed by atoms with Crippen LogP contribution in [0.5, 0.6) is 5.88 Å². The summed E-state index contributed by atoms with van der Waals surface area (Å²) in [7, 11) is 1.66. The van der Waals surface area contributed by atoms with Crippen molar-refractivity contribution < 1.29 is 4.74 Å². The lowest BCUT2D eigenvalue weighted by atomic mass is 9.83. The largest absolute Gasteiger partial charge is 0.478 e. The normalized spacial score (nSPS) is 11.8. The molecule has 0 atom stereocenters. The van der Waals surface area contributed by atoms with Gasteiger partial charge in [0.05, 0.1) is 18.5 Å². The van der Waals surface area contributed by atoms with Crippen molar-refractivity contribution in [3.8, 4) is 17.1 Å². The molecule has 0 spiro atoms. The minimum Gasteiger partial charge on any atom is -0.478 e. The monoisotopic (exact) mass is 369 g/mol. The minimum absolute atomic E-state index is 0.121. The molecule has 0 radical (unpaired) electrons. The molecule has 1 aromatic carbocycles. The van der Waals surface area contributed by atoms with E-state index in [1.807, 2.05) is 6.92 Å². The zero-order valence-electron chi connectivity index (χ0n) is 18.4. The van der Waals surface area contributed by atoms with Crippen LogP contribution in [0.3, 0.4) is 0 Å². The van der Waals surface area contributed by atoms with Crippen LogP contribution in [0.4, 0.5) is 5.82 Å². The van der Waals surface area contributed by atoms with Gasteiger partial charge in [-0.2, -0.15) is 0 Å². The molecule has 0 bridgehead atoms. The van der Waals surface area contributed by atoms with Crippen LogP contribution >= 0.6 is 0 Å². The predicted octanol–water partition coefficient (Wildman–Crippen LogP) is 5.98. The highest BCUT2D eigenvalue weighted by Gasteiger charge is 2.21. The molecular formula is C23H35N3O. The van der Waals surface area contributed by atoms with Crippen molar-refractivity contribution in [2.24, 2.45) is 0 Å². The number of aromatic nitrogens is 2. The molecule has 27 heavy (non-hydrogen) atoms. The fourth-order valence-corrected chi connectivity index (χ4v) is 3.43.